The van der Waals surface area contributed by atoms with Gasteiger partial charge in [0.25, 0.3) is 0 Å². The van der Waals surface area contributed by atoms with Crippen molar-refractivity contribution in [3.8, 4) is 44.5 Å². The van der Waals surface area contributed by atoms with Crippen molar-refractivity contribution in [1.29, 1.82) is 0 Å². The molecule has 350 valence electrons. The average Bonchev–Trinajstić information content (AvgIpc) is 4.15. The summed E-state index contributed by atoms with van der Waals surface area (Å²) in [6, 6.07) is 105. The molecule has 0 radical (unpaired) electrons. The van der Waals surface area contributed by atoms with Gasteiger partial charge in [-0.2, -0.15) is 0 Å². The Hall–Kier alpha value is -9.76. The number of benzene rings is 13. The summed E-state index contributed by atoms with van der Waals surface area (Å²) >= 11 is 0. The summed E-state index contributed by atoms with van der Waals surface area (Å²) in [5, 5.41) is 9.52. The molecule has 0 bridgehead atoms. The van der Waals surface area contributed by atoms with Crippen LogP contribution in [0.5, 0.6) is 0 Å². The van der Waals surface area contributed by atoms with Crippen molar-refractivity contribution < 1.29 is 4.42 Å². The lowest BCUT2D eigenvalue weighted by atomic mass is 9.67. The van der Waals surface area contributed by atoms with E-state index in [0.717, 1.165) is 55.7 Å². The summed E-state index contributed by atoms with van der Waals surface area (Å²) < 4.78 is 6.82. The smallest absolute Gasteiger partial charge is 0.137 e. The van der Waals surface area contributed by atoms with E-state index >= 15 is 0 Å². The SMILES string of the molecule is c1ccc(-c2ccc3oc4cccc(N(c5cccc(C6(c7ccccc7)c7ccccc7-c7c(-c8cccc9ccccc89)cccc76)c5)c5ccccc5-c5cccc6c5ccc5ccccc56)c4c3c2)cc1. The molecule has 14 aromatic rings. The first kappa shape index (κ1) is 42.9. The number of rotatable bonds is 8. The molecule has 15 rings (SSSR count). The van der Waals surface area contributed by atoms with Gasteiger partial charge in [0.05, 0.1) is 22.2 Å². The molecule has 1 aromatic heterocycles. The third-order valence-electron chi connectivity index (χ3n) is 15.9. The quantitative estimate of drug-likeness (QED) is 0.141. The van der Waals surface area contributed by atoms with Crippen LogP contribution < -0.4 is 4.90 Å². The van der Waals surface area contributed by atoms with Crippen molar-refractivity contribution in [2.24, 2.45) is 0 Å². The Bertz CT molecular complexity index is 4540. The lowest BCUT2D eigenvalue weighted by Gasteiger charge is -2.35. The van der Waals surface area contributed by atoms with Crippen LogP contribution in [0.4, 0.5) is 17.1 Å². The fourth-order valence-corrected chi connectivity index (χ4v) is 12.8. The Labute approximate surface area is 435 Å². The van der Waals surface area contributed by atoms with Gasteiger partial charge in [-0.1, -0.05) is 243 Å². The first-order chi connectivity index (χ1) is 37.2. The Balaban J connectivity index is 1.02. The van der Waals surface area contributed by atoms with Gasteiger partial charge in [0.1, 0.15) is 11.2 Å². The van der Waals surface area contributed by atoms with E-state index in [9.17, 15) is 0 Å². The van der Waals surface area contributed by atoms with E-state index in [2.05, 4.69) is 290 Å². The first-order valence-electron chi connectivity index (χ1n) is 25.9. The van der Waals surface area contributed by atoms with Gasteiger partial charge >= 0.3 is 0 Å². The van der Waals surface area contributed by atoms with Gasteiger partial charge in [-0.25, -0.2) is 0 Å². The fraction of sp³-hybridized carbons (Fsp3) is 0.0137. The van der Waals surface area contributed by atoms with E-state index < -0.39 is 5.41 Å². The van der Waals surface area contributed by atoms with Crippen LogP contribution in [0.25, 0.3) is 98.8 Å². The lowest BCUT2D eigenvalue weighted by Crippen LogP contribution is -2.29. The van der Waals surface area contributed by atoms with Crippen LogP contribution in [0.15, 0.2) is 290 Å². The molecular weight excluding hydrogens is 907 g/mol. The summed E-state index contributed by atoms with van der Waals surface area (Å²) in [6.07, 6.45) is 0. The molecule has 0 saturated heterocycles. The second kappa shape index (κ2) is 17.2. The van der Waals surface area contributed by atoms with E-state index in [4.69, 9.17) is 4.42 Å². The van der Waals surface area contributed by atoms with Gasteiger partial charge in [0, 0.05) is 16.6 Å². The highest BCUT2D eigenvalue weighted by Gasteiger charge is 2.47. The molecule has 1 heterocycles. The summed E-state index contributed by atoms with van der Waals surface area (Å²) in [5.41, 5.74) is 18.7. The molecule has 1 aliphatic rings. The summed E-state index contributed by atoms with van der Waals surface area (Å²) in [5.74, 6) is 0. The Kier molecular flexibility index (Phi) is 9.83. The van der Waals surface area contributed by atoms with Gasteiger partial charge in [-0.05, 0) is 136 Å². The predicted molar refractivity (Wildman–Crippen MR) is 315 cm³/mol. The minimum absolute atomic E-state index is 0.676. The predicted octanol–water partition coefficient (Wildman–Crippen LogP) is 19.9. The second-order valence-electron chi connectivity index (χ2n) is 19.8. The zero-order chi connectivity index (χ0) is 49.5. The molecule has 0 amide bonds. The van der Waals surface area contributed by atoms with E-state index in [-0.39, 0.29) is 0 Å². The second-order valence-corrected chi connectivity index (χ2v) is 19.8. The van der Waals surface area contributed by atoms with E-state index in [1.54, 1.807) is 0 Å². The van der Waals surface area contributed by atoms with Crippen molar-refractivity contribution in [2.45, 2.75) is 5.41 Å². The number of furan rings is 1. The normalized spacial score (nSPS) is 13.9. The molecule has 0 N–H and O–H groups in total. The molecule has 1 atom stereocenters. The molecule has 0 fully saturated rings. The molecule has 2 heteroatoms. The Morgan fingerprint density at radius 3 is 1.75 bits per heavy atom. The first-order valence-corrected chi connectivity index (χ1v) is 25.9. The van der Waals surface area contributed by atoms with Crippen molar-refractivity contribution in [3.05, 3.63) is 307 Å². The van der Waals surface area contributed by atoms with Crippen LogP contribution >= 0.6 is 0 Å². The van der Waals surface area contributed by atoms with E-state index in [1.807, 2.05) is 0 Å². The standard InChI is InChI=1S/C73H47NO/c1-3-20-48(21-4-1)51-43-45-69-64(46-51)72-68(40-19-41-70(72)75-69)74(67-39-14-12-31-61(67)59-35-17-34-57-56-30-10-8-23-50(56)42-44-60(57)59)54-28-16-27-53(47-54)73(52-25-5-2-6-26-52)65-37-13-11-32-63(65)71-62(36-18-38-66(71)73)58-33-15-24-49-22-7-9-29-55(49)58/h1-47H. The Morgan fingerprint density at radius 1 is 0.293 bits per heavy atom. The van der Waals surface area contributed by atoms with Crippen LogP contribution in [0.2, 0.25) is 0 Å². The third-order valence-corrected chi connectivity index (χ3v) is 15.9. The topological polar surface area (TPSA) is 16.4 Å². The molecule has 1 unspecified atom stereocenters. The van der Waals surface area contributed by atoms with Crippen LogP contribution in [0, 0.1) is 0 Å². The molecule has 1 aliphatic carbocycles. The van der Waals surface area contributed by atoms with E-state index in [1.165, 1.54) is 82.4 Å². The fourth-order valence-electron chi connectivity index (χ4n) is 12.8. The number of para-hydroxylation sites is 1. The van der Waals surface area contributed by atoms with Gasteiger partial charge < -0.3 is 9.32 Å². The van der Waals surface area contributed by atoms with Crippen molar-refractivity contribution >= 4 is 71.3 Å². The zero-order valence-electron chi connectivity index (χ0n) is 41.0. The highest BCUT2D eigenvalue weighted by Crippen LogP contribution is 2.59. The van der Waals surface area contributed by atoms with Crippen LogP contribution in [-0.4, -0.2) is 0 Å². The van der Waals surface area contributed by atoms with Gasteiger partial charge in [0.2, 0.25) is 0 Å². The maximum atomic E-state index is 6.82. The number of nitrogens with zero attached hydrogens (tertiary/aromatic N) is 1. The molecule has 2 nitrogen and oxygen atoms in total. The highest BCUT2D eigenvalue weighted by molar-refractivity contribution is 6.17. The van der Waals surface area contributed by atoms with Crippen molar-refractivity contribution in [3.63, 3.8) is 0 Å². The molecular formula is C73H47NO. The molecule has 0 spiro atoms. The largest absolute Gasteiger partial charge is 0.456 e. The molecule has 13 aromatic carbocycles. The van der Waals surface area contributed by atoms with Gasteiger partial charge in [0.15, 0.2) is 0 Å². The highest BCUT2D eigenvalue weighted by atomic mass is 16.3. The zero-order valence-corrected chi connectivity index (χ0v) is 41.0. The van der Waals surface area contributed by atoms with Gasteiger partial charge in [-0.15, -0.1) is 0 Å². The maximum absolute atomic E-state index is 6.82. The minimum Gasteiger partial charge on any atom is -0.456 e. The third kappa shape index (κ3) is 6.60. The summed E-state index contributed by atoms with van der Waals surface area (Å²) in [6.45, 7) is 0. The minimum atomic E-state index is -0.676. The maximum Gasteiger partial charge on any atom is 0.137 e. The number of hydrogen-bond donors (Lipinski definition) is 0. The molecule has 0 saturated carbocycles. The Morgan fingerprint density at radius 2 is 0.880 bits per heavy atom. The number of hydrogen-bond acceptors (Lipinski definition) is 2. The van der Waals surface area contributed by atoms with E-state index in [0.29, 0.717) is 0 Å². The summed E-state index contributed by atoms with van der Waals surface area (Å²) in [4.78, 5) is 2.50. The van der Waals surface area contributed by atoms with Crippen LogP contribution in [0.3, 0.4) is 0 Å². The van der Waals surface area contributed by atoms with Crippen molar-refractivity contribution in [1.82, 2.24) is 0 Å². The molecule has 75 heavy (non-hydrogen) atoms. The lowest BCUT2D eigenvalue weighted by molar-refractivity contribution is 0.669. The number of anilines is 3. The summed E-state index contributed by atoms with van der Waals surface area (Å²) in [7, 11) is 0. The molecule has 0 aliphatic heterocycles. The van der Waals surface area contributed by atoms with Gasteiger partial charge in [-0.3, -0.25) is 0 Å². The monoisotopic (exact) mass is 953 g/mol. The van der Waals surface area contributed by atoms with Crippen LogP contribution in [-0.2, 0) is 5.41 Å². The average molecular weight is 954 g/mol. The number of fused-ring (bicyclic) bond motifs is 10. The van der Waals surface area contributed by atoms with Crippen LogP contribution in [0.1, 0.15) is 22.3 Å². The van der Waals surface area contributed by atoms with Crippen molar-refractivity contribution in [2.75, 3.05) is 4.90 Å².